The number of hydrogen-bond donors (Lipinski definition) is 2. The van der Waals surface area contributed by atoms with Crippen LogP contribution in [0.15, 0.2) is 24.5 Å². The Bertz CT molecular complexity index is 593. The molecule has 0 amide bonds. The highest BCUT2D eigenvalue weighted by Gasteiger charge is 2.16. The molecular formula is C15H23N5O. The Balaban J connectivity index is 2.23. The zero-order chi connectivity index (χ0) is 15.4. The Morgan fingerprint density at radius 1 is 1.38 bits per heavy atom. The van der Waals surface area contributed by atoms with Gasteiger partial charge < -0.3 is 4.74 Å². The lowest BCUT2D eigenvalue weighted by Crippen LogP contribution is -2.30. The van der Waals surface area contributed by atoms with Gasteiger partial charge in [-0.15, -0.1) is 0 Å². The summed E-state index contributed by atoms with van der Waals surface area (Å²) in [6.45, 7) is 6.19. The van der Waals surface area contributed by atoms with E-state index in [1.54, 1.807) is 13.4 Å². The van der Waals surface area contributed by atoms with Crippen molar-refractivity contribution in [1.29, 1.82) is 0 Å². The maximum absolute atomic E-state index is 5.73. The molecule has 21 heavy (non-hydrogen) atoms. The summed E-state index contributed by atoms with van der Waals surface area (Å²) in [4.78, 5) is 4.34. The third-order valence-corrected chi connectivity index (χ3v) is 3.55. The monoisotopic (exact) mass is 289 g/mol. The van der Waals surface area contributed by atoms with Crippen molar-refractivity contribution in [2.45, 2.75) is 39.3 Å². The van der Waals surface area contributed by atoms with Gasteiger partial charge >= 0.3 is 0 Å². The maximum atomic E-state index is 5.73. The van der Waals surface area contributed by atoms with Gasteiger partial charge in [-0.1, -0.05) is 12.1 Å². The highest BCUT2D eigenvalue weighted by molar-refractivity contribution is 5.37. The van der Waals surface area contributed by atoms with E-state index >= 15 is 0 Å². The van der Waals surface area contributed by atoms with Crippen LogP contribution in [0.2, 0.25) is 0 Å². The Morgan fingerprint density at radius 2 is 2.14 bits per heavy atom. The number of nitrogens with one attached hydrogen (secondary N) is 1. The van der Waals surface area contributed by atoms with Gasteiger partial charge in [-0.05, 0) is 38.0 Å². The average Bonchev–Trinajstić information content (AvgIpc) is 2.93. The lowest BCUT2D eigenvalue weighted by atomic mass is 10.0. The number of hydrogen-bond acceptors (Lipinski definition) is 5. The van der Waals surface area contributed by atoms with Crippen LogP contribution in [0.1, 0.15) is 42.9 Å². The summed E-state index contributed by atoms with van der Waals surface area (Å²) < 4.78 is 7.21. The molecule has 0 spiro atoms. The van der Waals surface area contributed by atoms with Crippen LogP contribution >= 0.6 is 0 Å². The highest BCUT2D eigenvalue weighted by atomic mass is 16.5. The zero-order valence-electron chi connectivity index (χ0n) is 13.0. The molecule has 0 fully saturated rings. The maximum Gasteiger partial charge on any atom is 0.138 e. The van der Waals surface area contributed by atoms with Crippen LogP contribution < -0.4 is 16.0 Å². The summed E-state index contributed by atoms with van der Waals surface area (Å²) in [6.07, 6.45) is 2.27. The van der Waals surface area contributed by atoms with E-state index < -0.39 is 0 Å². The largest absolute Gasteiger partial charge is 0.496 e. The first-order valence-corrected chi connectivity index (χ1v) is 7.05. The molecule has 2 rings (SSSR count). The summed E-state index contributed by atoms with van der Waals surface area (Å²) >= 11 is 0. The van der Waals surface area contributed by atoms with Gasteiger partial charge in [-0.2, -0.15) is 5.10 Å². The molecule has 0 aliphatic heterocycles. The Morgan fingerprint density at radius 3 is 2.71 bits per heavy atom. The highest BCUT2D eigenvalue weighted by Crippen LogP contribution is 2.24. The fourth-order valence-corrected chi connectivity index (χ4v) is 2.43. The van der Waals surface area contributed by atoms with Crippen LogP contribution in [0, 0.1) is 6.92 Å². The second kappa shape index (κ2) is 6.69. The van der Waals surface area contributed by atoms with E-state index in [1.165, 1.54) is 0 Å². The third-order valence-electron chi connectivity index (χ3n) is 3.55. The van der Waals surface area contributed by atoms with Crippen molar-refractivity contribution in [2.24, 2.45) is 5.84 Å². The molecule has 114 valence electrons. The van der Waals surface area contributed by atoms with Crippen molar-refractivity contribution >= 4 is 0 Å². The fraction of sp³-hybridized carbons (Fsp3) is 0.467. The van der Waals surface area contributed by atoms with Crippen molar-refractivity contribution < 1.29 is 4.74 Å². The minimum Gasteiger partial charge on any atom is -0.496 e. The van der Waals surface area contributed by atoms with Crippen LogP contribution in [0.5, 0.6) is 5.75 Å². The lowest BCUT2D eigenvalue weighted by molar-refractivity contribution is 0.411. The normalized spacial score (nSPS) is 12.7. The number of ether oxygens (including phenoxy) is 1. The lowest BCUT2D eigenvalue weighted by Gasteiger charge is -2.18. The number of nitrogens with two attached hydrogens (primary N) is 1. The number of aryl methyl sites for hydroxylation is 1. The molecule has 6 heteroatoms. The summed E-state index contributed by atoms with van der Waals surface area (Å²) in [5, 5.41) is 4.26. The molecule has 1 aromatic carbocycles. The summed E-state index contributed by atoms with van der Waals surface area (Å²) in [6, 6.07) is 6.32. The number of methoxy groups -OCH3 is 1. The van der Waals surface area contributed by atoms with E-state index in [0.29, 0.717) is 6.42 Å². The summed E-state index contributed by atoms with van der Waals surface area (Å²) in [7, 11) is 1.67. The van der Waals surface area contributed by atoms with Gasteiger partial charge in [0.25, 0.3) is 0 Å². The van der Waals surface area contributed by atoms with Crippen LogP contribution in [0.25, 0.3) is 0 Å². The molecule has 3 N–H and O–H groups in total. The Kier molecular flexibility index (Phi) is 4.93. The summed E-state index contributed by atoms with van der Waals surface area (Å²) in [5.41, 5.74) is 5.06. The number of rotatable bonds is 6. The second-order valence-corrected chi connectivity index (χ2v) is 5.37. The third kappa shape index (κ3) is 3.40. The minimum atomic E-state index is -0.0173. The number of hydrazine groups is 1. The quantitative estimate of drug-likeness (QED) is 0.627. The topological polar surface area (TPSA) is 78.0 Å². The van der Waals surface area contributed by atoms with E-state index in [1.807, 2.05) is 23.7 Å². The van der Waals surface area contributed by atoms with Crippen LogP contribution in [-0.2, 0) is 6.42 Å². The molecule has 0 bridgehead atoms. The fourth-order valence-electron chi connectivity index (χ4n) is 2.43. The molecule has 1 atom stereocenters. The zero-order valence-corrected chi connectivity index (χ0v) is 13.0. The first-order valence-electron chi connectivity index (χ1n) is 7.05. The van der Waals surface area contributed by atoms with Crippen molar-refractivity contribution in [3.05, 3.63) is 41.5 Å². The molecule has 0 radical (unpaired) electrons. The minimum absolute atomic E-state index is 0.0173. The smallest absolute Gasteiger partial charge is 0.138 e. The Hall–Kier alpha value is -1.92. The van der Waals surface area contributed by atoms with Crippen LogP contribution in [0.3, 0.4) is 0 Å². The molecule has 0 saturated carbocycles. The van der Waals surface area contributed by atoms with Gasteiger partial charge in [0.1, 0.15) is 17.9 Å². The van der Waals surface area contributed by atoms with Crippen molar-refractivity contribution in [1.82, 2.24) is 20.2 Å². The average molecular weight is 289 g/mol. The van der Waals surface area contributed by atoms with Gasteiger partial charge in [0, 0.05) is 12.5 Å². The standard InChI is InChI=1S/C15H23N5O/c1-10(2)20-15(17-9-18-20)8-13(19-16)12-5-6-14(21-4)11(3)7-12/h5-7,9-10,13,19H,8,16H2,1-4H3. The second-order valence-electron chi connectivity index (χ2n) is 5.37. The van der Waals surface area contributed by atoms with Gasteiger partial charge in [-0.25, -0.2) is 9.67 Å². The van der Waals surface area contributed by atoms with E-state index in [4.69, 9.17) is 10.6 Å². The molecule has 6 nitrogen and oxygen atoms in total. The Labute approximate surface area is 125 Å². The molecule has 1 aromatic heterocycles. The van der Waals surface area contributed by atoms with Gasteiger partial charge in [0.05, 0.1) is 13.2 Å². The van der Waals surface area contributed by atoms with E-state index in [-0.39, 0.29) is 12.1 Å². The van der Waals surface area contributed by atoms with Gasteiger partial charge in [0.15, 0.2) is 0 Å². The van der Waals surface area contributed by atoms with Crippen molar-refractivity contribution in [2.75, 3.05) is 7.11 Å². The van der Waals surface area contributed by atoms with Crippen LogP contribution in [-0.4, -0.2) is 21.9 Å². The van der Waals surface area contributed by atoms with E-state index in [0.717, 1.165) is 22.7 Å². The van der Waals surface area contributed by atoms with E-state index in [2.05, 4.69) is 35.4 Å². The first kappa shape index (κ1) is 15.5. The molecule has 2 aromatic rings. The molecular weight excluding hydrogens is 266 g/mol. The van der Waals surface area contributed by atoms with Crippen molar-refractivity contribution in [3.8, 4) is 5.75 Å². The number of nitrogens with zero attached hydrogens (tertiary/aromatic N) is 3. The van der Waals surface area contributed by atoms with Gasteiger partial charge in [-0.3, -0.25) is 11.3 Å². The first-order chi connectivity index (χ1) is 10.1. The predicted octanol–water partition coefficient (Wildman–Crippen LogP) is 1.92. The summed E-state index contributed by atoms with van der Waals surface area (Å²) in [5.74, 6) is 7.52. The van der Waals surface area contributed by atoms with E-state index in [9.17, 15) is 0 Å². The van der Waals surface area contributed by atoms with Crippen LogP contribution in [0.4, 0.5) is 0 Å². The molecule has 1 heterocycles. The number of aromatic nitrogens is 3. The molecule has 0 aliphatic carbocycles. The van der Waals surface area contributed by atoms with Crippen molar-refractivity contribution in [3.63, 3.8) is 0 Å². The number of benzene rings is 1. The predicted molar refractivity (Wildman–Crippen MR) is 81.9 cm³/mol. The SMILES string of the molecule is COc1ccc(C(Cc2ncnn2C(C)C)NN)cc1C. The molecule has 0 saturated heterocycles. The molecule has 1 unspecified atom stereocenters. The molecule has 0 aliphatic rings. The van der Waals surface area contributed by atoms with Gasteiger partial charge in [0.2, 0.25) is 0 Å².